The summed E-state index contributed by atoms with van der Waals surface area (Å²) in [5, 5.41) is 14.6. The molecule has 102 valence electrons. The quantitative estimate of drug-likeness (QED) is 0.894. The molecule has 0 radical (unpaired) electrons. The standard InChI is InChI=1S/C13H18FN5/c1-9(2)7-15-8-13-16-17-18-19(13)12-5-4-10(3)6-11(12)14/h4-6,9,15H,7-8H2,1-3H3. The highest BCUT2D eigenvalue weighted by molar-refractivity contribution is 5.35. The van der Waals surface area contributed by atoms with Gasteiger partial charge in [0.1, 0.15) is 11.5 Å². The Bertz CT molecular complexity index is 550. The molecule has 0 aliphatic heterocycles. The first-order valence-electron chi connectivity index (χ1n) is 6.32. The number of nitrogens with one attached hydrogen (secondary N) is 1. The maximum absolute atomic E-state index is 13.9. The van der Waals surface area contributed by atoms with Gasteiger partial charge in [-0.25, -0.2) is 4.39 Å². The summed E-state index contributed by atoms with van der Waals surface area (Å²) in [6, 6.07) is 5.00. The zero-order valence-corrected chi connectivity index (χ0v) is 11.4. The highest BCUT2D eigenvalue weighted by atomic mass is 19.1. The minimum Gasteiger partial charge on any atom is -0.310 e. The smallest absolute Gasteiger partial charge is 0.170 e. The molecule has 0 spiro atoms. The molecule has 0 amide bonds. The third-order valence-electron chi connectivity index (χ3n) is 2.70. The first-order chi connectivity index (χ1) is 9.08. The molecule has 6 heteroatoms. The van der Waals surface area contributed by atoms with Gasteiger partial charge < -0.3 is 5.32 Å². The van der Waals surface area contributed by atoms with Crippen molar-refractivity contribution >= 4 is 0 Å². The number of halogens is 1. The Balaban J connectivity index is 2.19. The van der Waals surface area contributed by atoms with Crippen molar-refractivity contribution in [3.05, 3.63) is 35.4 Å². The molecule has 2 rings (SSSR count). The lowest BCUT2D eigenvalue weighted by Gasteiger charge is -2.08. The number of rotatable bonds is 5. The SMILES string of the molecule is Cc1ccc(-n2nnnc2CNCC(C)C)c(F)c1. The van der Waals surface area contributed by atoms with Gasteiger partial charge in [0.25, 0.3) is 0 Å². The van der Waals surface area contributed by atoms with Gasteiger partial charge in [-0.05, 0) is 47.5 Å². The topological polar surface area (TPSA) is 55.6 Å². The fraction of sp³-hybridized carbons (Fsp3) is 0.462. The van der Waals surface area contributed by atoms with Gasteiger partial charge in [-0.2, -0.15) is 4.68 Å². The molecule has 0 bridgehead atoms. The largest absolute Gasteiger partial charge is 0.310 e. The summed E-state index contributed by atoms with van der Waals surface area (Å²) in [6.07, 6.45) is 0. The average molecular weight is 263 g/mol. The van der Waals surface area contributed by atoms with Gasteiger partial charge in [-0.3, -0.25) is 0 Å². The van der Waals surface area contributed by atoms with Crippen LogP contribution >= 0.6 is 0 Å². The molecule has 1 N–H and O–H groups in total. The van der Waals surface area contributed by atoms with E-state index in [4.69, 9.17) is 0 Å². The van der Waals surface area contributed by atoms with Crippen molar-refractivity contribution in [2.45, 2.75) is 27.3 Å². The molecule has 0 fully saturated rings. The highest BCUT2D eigenvalue weighted by Gasteiger charge is 2.12. The highest BCUT2D eigenvalue weighted by Crippen LogP contribution is 2.14. The van der Waals surface area contributed by atoms with Crippen molar-refractivity contribution in [3.8, 4) is 5.69 Å². The Labute approximate surface area is 111 Å². The molecule has 2 aromatic rings. The third kappa shape index (κ3) is 3.35. The molecule has 1 aromatic carbocycles. The summed E-state index contributed by atoms with van der Waals surface area (Å²) in [4.78, 5) is 0. The van der Waals surface area contributed by atoms with Crippen LogP contribution in [0.3, 0.4) is 0 Å². The molecule has 0 saturated carbocycles. The molecule has 5 nitrogen and oxygen atoms in total. The minimum absolute atomic E-state index is 0.322. The second-order valence-electron chi connectivity index (χ2n) is 4.99. The minimum atomic E-state index is -0.322. The summed E-state index contributed by atoms with van der Waals surface area (Å²) in [5.74, 6) is 0.821. The average Bonchev–Trinajstić information content (AvgIpc) is 2.77. The van der Waals surface area contributed by atoms with Crippen LogP contribution in [0, 0.1) is 18.7 Å². The van der Waals surface area contributed by atoms with E-state index in [0.29, 0.717) is 24.0 Å². The molecule has 1 heterocycles. The summed E-state index contributed by atoms with van der Waals surface area (Å²) in [7, 11) is 0. The van der Waals surface area contributed by atoms with Gasteiger partial charge in [0.05, 0.1) is 6.54 Å². The van der Waals surface area contributed by atoms with E-state index < -0.39 is 0 Å². The van der Waals surface area contributed by atoms with Crippen LogP contribution in [0.5, 0.6) is 0 Å². The van der Waals surface area contributed by atoms with E-state index in [-0.39, 0.29) is 5.82 Å². The summed E-state index contributed by atoms with van der Waals surface area (Å²) in [5.41, 5.74) is 1.24. The number of aromatic nitrogens is 4. The lowest BCUT2D eigenvalue weighted by atomic mass is 10.2. The number of hydrogen-bond donors (Lipinski definition) is 1. The van der Waals surface area contributed by atoms with E-state index in [0.717, 1.165) is 12.1 Å². The molecule has 0 atom stereocenters. The van der Waals surface area contributed by atoms with Crippen molar-refractivity contribution in [1.82, 2.24) is 25.5 Å². The first-order valence-corrected chi connectivity index (χ1v) is 6.32. The second kappa shape index (κ2) is 5.88. The zero-order valence-electron chi connectivity index (χ0n) is 11.4. The predicted molar refractivity (Wildman–Crippen MR) is 70.4 cm³/mol. The number of tetrazole rings is 1. The van der Waals surface area contributed by atoms with Crippen LogP contribution in [0.4, 0.5) is 4.39 Å². The molecule has 0 saturated heterocycles. The Kier molecular flexibility index (Phi) is 4.21. The van der Waals surface area contributed by atoms with Crippen LogP contribution in [0.2, 0.25) is 0 Å². The Morgan fingerprint density at radius 1 is 1.37 bits per heavy atom. The molecule has 19 heavy (non-hydrogen) atoms. The number of nitrogens with zero attached hydrogens (tertiary/aromatic N) is 4. The Morgan fingerprint density at radius 2 is 2.16 bits per heavy atom. The van der Waals surface area contributed by atoms with Crippen LogP contribution in [-0.4, -0.2) is 26.8 Å². The lowest BCUT2D eigenvalue weighted by Crippen LogP contribution is -2.21. The van der Waals surface area contributed by atoms with Gasteiger partial charge in [0.2, 0.25) is 0 Å². The Hall–Kier alpha value is -1.82. The van der Waals surface area contributed by atoms with Crippen molar-refractivity contribution in [3.63, 3.8) is 0 Å². The summed E-state index contributed by atoms with van der Waals surface area (Å²) in [6.45, 7) is 7.46. The van der Waals surface area contributed by atoms with E-state index >= 15 is 0 Å². The zero-order chi connectivity index (χ0) is 13.8. The molecular formula is C13H18FN5. The second-order valence-corrected chi connectivity index (χ2v) is 4.99. The first kappa shape index (κ1) is 13.6. The molecule has 0 aliphatic carbocycles. The van der Waals surface area contributed by atoms with E-state index in [1.807, 2.05) is 13.0 Å². The maximum Gasteiger partial charge on any atom is 0.170 e. The van der Waals surface area contributed by atoms with Crippen LogP contribution < -0.4 is 5.32 Å². The van der Waals surface area contributed by atoms with Crippen LogP contribution in [0.1, 0.15) is 25.2 Å². The molecule has 0 aliphatic rings. The van der Waals surface area contributed by atoms with Crippen LogP contribution in [-0.2, 0) is 6.54 Å². The monoisotopic (exact) mass is 263 g/mol. The van der Waals surface area contributed by atoms with Gasteiger partial charge >= 0.3 is 0 Å². The summed E-state index contributed by atoms with van der Waals surface area (Å²) < 4.78 is 15.3. The van der Waals surface area contributed by atoms with Gasteiger partial charge in [0.15, 0.2) is 5.82 Å². The summed E-state index contributed by atoms with van der Waals surface area (Å²) >= 11 is 0. The van der Waals surface area contributed by atoms with E-state index in [1.165, 1.54) is 10.7 Å². The maximum atomic E-state index is 13.9. The number of aryl methyl sites for hydroxylation is 1. The van der Waals surface area contributed by atoms with Gasteiger partial charge in [-0.1, -0.05) is 19.9 Å². The fourth-order valence-electron chi connectivity index (χ4n) is 1.76. The molecule has 1 aromatic heterocycles. The lowest BCUT2D eigenvalue weighted by molar-refractivity contribution is 0.534. The fourth-order valence-corrected chi connectivity index (χ4v) is 1.76. The third-order valence-corrected chi connectivity index (χ3v) is 2.70. The van der Waals surface area contributed by atoms with E-state index in [9.17, 15) is 4.39 Å². The Morgan fingerprint density at radius 3 is 2.84 bits per heavy atom. The van der Waals surface area contributed by atoms with Crippen molar-refractivity contribution in [1.29, 1.82) is 0 Å². The van der Waals surface area contributed by atoms with E-state index in [2.05, 4.69) is 34.7 Å². The van der Waals surface area contributed by atoms with Crippen molar-refractivity contribution in [2.75, 3.05) is 6.54 Å². The molecule has 0 unspecified atom stereocenters. The van der Waals surface area contributed by atoms with Gasteiger partial charge in [-0.15, -0.1) is 5.10 Å². The number of benzene rings is 1. The van der Waals surface area contributed by atoms with Crippen molar-refractivity contribution < 1.29 is 4.39 Å². The van der Waals surface area contributed by atoms with E-state index in [1.54, 1.807) is 6.07 Å². The normalized spacial score (nSPS) is 11.2. The molecular weight excluding hydrogens is 245 g/mol. The number of hydrogen-bond acceptors (Lipinski definition) is 4. The predicted octanol–water partition coefficient (Wildman–Crippen LogP) is 1.86. The van der Waals surface area contributed by atoms with Crippen LogP contribution in [0.25, 0.3) is 5.69 Å². The van der Waals surface area contributed by atoms with Crippen LogP contribution in [0.15, 0.2) is 18.2 Å². The van der Waals surface area contributed by atoms with Crippen molar-refractivity contribution in [2.24, 2.45) is 5.92 Å². The van der Waals surface area contributed by atoms with Gasteiger partial charge in [0, 0.05) is 0 Å².